The van der Waals surface area contributed by atoms with Gasteiger partial charge in [0, 0.05) is 31.6 Å². The second-order valence-corrected chi connectivity index (χ2v) is 5.82. The Morgan fingerprint density at radius 3 is 3.05 bits per heavy atom. The Morgan fingerprint density at radius 2 is 2.26 bits per heavy atom. The van der Waals surface area contributed by atoms with E-state index in [9.17, 15) is 4.79 Å². The van der Waals surface area contributed by atoms with Crippen molar-refractivity contribution in [3.8, 4) is 11.8 Å². The molecule has 1 aliphatic heterocycles. The second-order valence-electron chi connectivity index (χ2n) is 4.65. The normalized spacial score (nSPS) is 16.9. The third kappa shape index (κ3) is 4.06. The molecular weight excluding hydrogens is 258 g/mol. The average Bonchev–Trinajstić information content (AvgIpc) is 2.76. The predicted octanol–water partition coefficient (Wildman–Crippen LogP) is 0.722. The molecule has 1 aliphatic rings. The topological polar surface area (TPSA) is 49.6 Å². The first-order chi connectivity index (χ1) is 9.19. The van der Waals surface area contributed by atoms with Gasteiger partial charge in [0.2, 0.25) is 5.91 Å². The van der Waals surface area contributed by atoms with Gasteiger partial charge in [-0.1, -0.05) is 11.8 Å². The maximum absolute atomic E-state index is 11.8. The first kappa shape index (κ1) is 14.1. The average molecular weight is 277 g/mol. The lowest BCUT2D eigenvalue weighted by Gasteiger charge is -2.18. The smallest absolute Gasteiger partial charge is 0.236 e. The predicted molar refractivity (Wildman–Crippen MR) is 77.8 cm³/mol. The van der Waals surface area contributed by atoms with Crippen LogP contribution in [-0.2, 0) is 11.3 Å². The van der Waals surface area contributed by atoms with Crippen molar-refractivity contribution >= 4 is 17.2 Å². The van der Waals surface area contributed by atoms with E-state index in [-0.39, 0.29) is 5.91 Å². The van der Waals surface area contributed by atoms with Crippen LogP contribution in [0.3, 0.4) is 0 Å². The molecule has 5 heteroatoms. The molecule has 0 atom stereocenters. The van der Waals surface area contributed by atoms with Crippen LogP contribution in [0.25, 0.3) is 0 Å². The molecule has 2 rings (SSSR count). The minimum atomic E-state index is 0.206. The molecule has 0 saturated carbocycles. The molecule has 1 amide bonds. The van der Waals surface area contributed by atoms with Crippen molar-refractivity contribution < 1.29 is 4.79 Å². The van der Waals surface area contributed by atoms with Gasteiger partial charge in [-0.3, -0.25) is 9.69 Å². The van der Waals surface area contributed by atoms with Gasteiger partial charge in [-0.05, 0) is 18.6 Å². The molecule has 4 nitrogen and oxygen atoms in total. The zero-order valence-electron chi connectivity index (χ0n) is 11.2. The highest BCUT2D eigenvalue weighted by Gasteiger charge is 2.19. The molecule has 0 spiro atoms. The minimum absolute atomic E-state index is 0.206. The van der Waals surface area contributed by atoms with Crippen molar-refractivity contribution in [3.05, 3.63) is 21.9 Å². The highest BCUT2D eigenvalue weighted by molar-refractivity contribution is 7.12. The van der Waals surface area contributed by atoms with E-state index in [1.165, 1.54) is 4.88 Å². The van der Waals surface area contributed by atoms with Crippen LogP contribution in [0, 0.1) is 11.8 Å². The summed E-state index contributed by atoms with van der Waals surface area (Å²) in [5.41, 5.74) is 5.36. The minimum Gasteiger partial charge on any atom is -0.345 e. The fourth-order valence-corrected chi connectivity index (χ4v) is 3.00. The molecule has 1 aromatic heterocycles. The molecule has 19 heavy (non-hydrogen) atoms. The summed E-state index contributed by atoms with van der Waals surface area (Å²) in [5, 5.41) is 0. The number of rotatable bonds is 2. The molecule has 0 bridgehead atoms. The van der Waals surface area contributed by atoms with Crippen LogP contribution in [0.2, 0.25) is 0 Å². The van der Waals surface area contributed by atoms with E-state index < -0.39 is 0 Å². The van der Waals surface area contributed by atoms with Crippen LogP contribution in [0.15, 0.2) is 12.1 Å². The summed E-state index contributed by atoms with van der Waals surface area (Å²) in [6.07, 6.45) is 1.04. The molecule has 0 aromatic carbocycles. The first-order valence-corrected chi connectivity index (χ1v) is 7.24. The summed E-state index contributed by atoms with van der Waals surface area (Å²) in [5.74, 6) is 6.10. The number of likely N-dealkylation sites (N-methyl/N-ethyl adjacent to an activating group) is 1. The van der Waals surface area contributed by atoms with E-state index >= 15 is 0 Å². The summed E-state index contributed by atoms with van der Waals surface area (Å²) in [4.78, 5) is 18.1. The van der Waals surface area contributed by atoms with E-state index in [4.69, 9.17) is 5.73 Å². The van der Waals surface area contributed by atoms with Gasteiger partial charge in [-0.15, -0.1) is 11.3 Å². The number of thiophene rings is 1. The van der Waals surface area contributed by atoms with E-state index in [0.29, 0.717) is 13.1 Å². The van der Waals surface area contributed by atoms with E-state index in [1.54, 1.807) is 11.3 Å². The Morgan fingerprint density at radius 1 is 1.42 bits per heavy atom. The molecule has 0 aliphatic carbocycles. The molecule has 1 fully saturated rings. The van der Waals surface area contributed by atoms with E-state index in [0.717, 1.165) is 30.9 Å². The van der Waals surface area contributed by atoms with Gasteiger partial charge in [0.25, 0.3) is 0 Å². The lowest BCUT2D eigenvalue weighted by molar-refractivity contribution is -0.129. The molecule has 2 heterocycles. The Bertz CT molecular complexity index is 500. The molecule has 1 aromatic rings. The maximum Gasteiger partial charge on any atom is 0.236 e. The van der Waals surface area contributed by atoms with Crippen molar-refractivity contribution in [1.29, 1.82) is 0 Å². The van der Waals surface area contributed by atoms with Crippen molar-refractivity contribution in [2.24, 2.45) is 5.73 Å². The summed E-state index contributed by atoms with van der Waals surface area (Å²) >= 11 is 1.68. The summed E-state index contributed by atoms with van der Waals surface area (Å²) in [6, 6.07) is 4.11. The molecule has 1 saturated heterocycles. The first-order valence-electron chi connectivity index (χ1n) is 6.43. The number of carbonyl (C=O) groups excluding carboxylic acids is 1. The number of amides is 1. The van der Waals surface area contributed by atoms with Gasteiger partial charge < -0.3 is 10.6 Å². The zero-order valence-corrected chi connectivity index (χ0v) is 12.0. The number of carbonyl (C=O) groups is 1. The number of nitrogens with zero attached hydrogens (tertiary/aromatic N) is 2. The highest BCUT2D eigenvalue weighted by Crippen LogP contribution is 2.18. The van der Waals surface area contributed by atoms with Crippen LogP contribution in [0.1, 0.15) is 16.2 Å². The Hall–Kier alpha value is -1.35. The Balaban J connectivity index is 1.96. The van der Waals surface area contributed by atoms with E-state index in [1.807, 2.05) is 18.0 Å². The van der Waals surface area contributed by atoms with Gasteiger partial charge >= 0.3 is 0 Å². The standard InChI is InChI=1S/C14H19N3OS/c1-16-8-3-9-17(11-14(16)18)10-13-6-5-12(19-13)4-2-7-15/h5-6H,3,7-11,15H2,1H3. The number of hydrogen-bond acceptors (Lipinski definition) is 4. The lowest BCUT2D eigenvalue weighted by atomic mass is 10.3. The summed E-state index contributed by atoms with van der Waals surface area (Å²) in [6.45, 7) is 3.55. The molecular formula is C14H19N3OS. The fourth-order valence-electron chi connectivity index (χ4n) is 2.07. The SMILES string of the molecule is CN1CCCN(Cc2ccc(C#CCN)s2)CC1=O. The summed E-state index contributed by atoms with van der Waals surface area (Å²) < 4.78 is 0. The Labute approximate surface area is 118 Å². The van der Waals surface area contributed by atoms with Crippen LogP contribution in [-0.4, -0.2) is 48.9 Å². The van der Waals surface area contributed by atoms with E-state index in [2.05, 4.69) is 22.8 Å². The third-order valence-corrected chi connectivity index (χ3v) is 4.09. The maximum atomic E-state index is 11.8. The monoisotopic (exact) mass is 277 g/mol. The second kappa shape index (κ2) is 6.71. The number of hydrogen-bond donors (Lipinski definition) is 1. The quantitative estimate of drug-likeness (QED) is 0.811. The largest absolute Gasteiger partial charge is 0.345 e. The van der Waals surface area contributed by atoms with Gasteiger partial charge in [-0.2, -0.15) is 0 Å². The molecule has 0 radical (unpaired) electrons. The molecule has 0 unspecified atom stereocenters. The van der Waals surface area contributed by atoms with Crippen molar-refractivity contribution in [2.75, 3.05) is 33.2 Å². The van der Waals surface area contributed by atoms with Crippen molar-refractivity contribution in [1.82, 2.24) is 9.80 Å². The Kier molecular flexibility index (Phi) is 4.97. The summed E-state index contributed by atoms with van der Waals surface area (Å²) in [7, 11) is 1.87. The third-order valence-electron chi connectivity index (χ3n) is 3.11. The van der Waals surface area contributed by atoms with Crippen LogP contribution in [0.5, 0.6) is 0 Å². The van der Waals surface area contributed by atoms with Gasteiger partial charge in [0.15, 0.2) is 0 Å². The fraction of sp³-hybridized carbons (Fsp3) is 0.500. The van der Waals surface area contributed by atoms with Crippen molar-refractivity contribution in [2.45, 2.75) is 13.0 Å². The zero-order chi connectivity index (χ0) is 13.7. The number of nitrogens with two attached hydrogens (primary N) is 1. The van der Waals surface area contributed by atoms with Crippen LogP contribution < -0.4 is 5.73 Å². The van der Waals surface area contributed by atoms with Crippen molar-refractivity contribution in [3.63, 3.8) is 0 Å². The van der Waals surface area contributed by atoms with Gasteiger partial charge in [-0.25, -0.2) is 0 Å². The van der Waals surface area contributed by atoms with Crippen LogP contribution in [0.4, 0.5) is 0 Å². The van der Waals surface area contributed by atoms with Gasteiger partial charge in [0.1, 0.15) is 0 Å². The van der Waals surface area contributed by atoms with Crippen LogP contribution >= 0.6 is 11.3 Å². The van der Waals surface area contributed by atoms with Gasteiger partial charge in [0.05, 0.1) is 18.0 Å². The molecule has 102 valence electrons. The lowest BCUT2D eigenvalue weighted by Crippen LogP contribution is -2.33. The highest BCUT2D eigenvalue weighted by atomic mass is 32.1. The molecule has 2 N–H and O–H groups in total.